The summed E-state index contributed by atoms with van der Waals surface area (Å²) in [5.74, 6) is 0.860. The van der Waals surface area contributed by atoms with Gasteiger partial charge in [-0.05, 0) is 31.5 Å². The molecule has 0 saturated heterocycles. The topological polar surface area (TPSA) is 44.5 Å². The van der Waals surface area contributed by atoms with Crippen molar-refractivity contribution in [3.8, 4) is 11.5 Å². The highest BCUT2D eigenvalue weighted by molar-refractivity contribution is 5.46. The molecule has 0 atom stereocenters. The van der Waals surface area contributed by atoms with Crippen LogP contribution in [0.25, 0.3) is 0 Å². The highest BCUT2D eigenvalue weighted by Gasteiger charge is 2.13. The average Bonchev–Trinajstić information content (AvgIpc) is 2.29. The maximum absolute atomic E-state index is 12.2. The molecular formula is C12H17F2NO2. The molecule has 0 fully saturated rings. The van der Waals surface area contributed by atoms with Crippen LogP contribution < -0.4 is 15.2 Å². The lowest BCUT2D eigenvalue weighted by Gasteiger charge is -2.15. The van der Waals surface area contributed by atoms with Crippen LogP contribution in [0.2, 0.25) is 0 Å². The first-order chi connectivity index (χ1) is 8.19. The fraction of sp³-hybridized carbons (Fsp3) is 0.500. The maximum atomic E-state index is 12.2. The van der Waals surface area contributed by atoms with Gasteiger partial charge in [-0.3, -0.25) is 0 Å². The lowest BCUT2D eigenvalue weighted by Crippen LogP contribution is -2.11. The van der Waals surface area contributed by atoms with Gasteiger partial charge in [0.25, 0.3) is 6.43 Å². The van der Waals surface area contributed by atoms with Crippen LogP contribution in [0, 0.1) is 0 Å². The van der Waals surface area contributed by atoms with Gasteiger partial charge in [-0.1, -0.05) is 12.1 Å². The minimum Gasteiger partial charge on any atom is -0.490 e. The Morgan fingerprint density at radius 1 is 1.29 bits per heavy atom. The van der Waals surface area contributed by atoms with E-state index in [0.29, 0.717) is 31.1 Å². The Morgan fingerprint density at radius 2 is 2.06 bits per heavy atom. The molecule has 0 aliphatic carbocycles. The van der Waals surface area contributed by atoms with Crippen molar-refractivity contribution in [3.63, 3.8) is 0 Å². The fourth-order valence-corrected chi connectivity index (χ4v) is 1.49. The summed E-state index contributed by atoms with van der Waals surface area (Å²) in [5.41, 5.74) is 6.26. The summed E-state index contributed by atoms with van der Waals surface area (Å²) in [4.78, 5) is 0. The summed E-state index contributed by atoms with van der Waals surface area (Å²) in [5, 5.41) is 0. The van der Waals surface area contributed by atoms with Crippen LogP contribution in [0.5, 0.6) is 11.5 Å². The number of halogens is 2. The first kappa shape index (κ1) is 13.7. The zero-order valence-electron chi connectivity index (χ0n) is 9.79. The molecule has 1 aromatic carbocycles. The van der Waals surface area contributed by atoms with Crippen molar-refractivity contribution < 1.29 is 18.3 Å². The van der Waals surface area contributed by atoms with E-state index in [0.717, 1.165) is 5.56 Å². The van der Waals surface area contributed by atoms with E-state index < -0.39 is 13.0 Å². The second kappa shape index (κ2) is 7.06. The largest absolute Gasteiger partial charge is 0.490 e. The van der Waals surface area contributed by atoms with E-state index in [2.05, 4.69) is 0 Å². The van der Waals surface area contributed by atoms with Crippen LogP contribution >= 0.6 is 0 Å². The lowest BCUT2D eigenvalue weighted by atomic mass is 10.1. The average molecular weight is 245 g/mol. The molecule has 0 aromatic heterocycles. The van der Waals surface area contributed by atoms with Crippen LogP contribution in [-0.2, 0) is 6.42 Å². The number of rotatable bonds is 7. The van der Waals surface area contributed by atoms with Gasteiger partial charge in [0, 0.05) is 0 Å². The van der Waals surface area contributed by atoms with Gasteiger partial charge in [0.1, 0.15) is 6.61 Å². The van der Waals surface area contributed by atoms with Crippen LogP contribution in [0.3, 0.4) is 0 Å². The third kappa shape index (κ3) is 4.19. The van der Waals surface area contributed by atoms with Crippen LogP contribution in [0.1, 0.15) is 12.5 Å². The van der Waals surface area contributed by atoms with Gasteiger partial charge >= 0.3 is 0 Å². The summed E-state index contributed by atoms with van der Waals surface area (Å²) >= 11 is 0. The van der Waals surface area contributed by atoms with Crippen molar-refractivity contribution in [2.75, 3.05) is 19.8 Å². The number of hydrogen-bond acceptors (Lipinski definition) is 3. The van der Waals surface area contributed by atoms with Gasteiger partial charge in [-0.2, -0.15) is 0 Å². The van der Waals surface area contributed by atoms with Gasteiger partial charge in [0.15, 0.2) is 11.5 Å². The second-order valence-corrected chi connectivity index (χ2v) is 3.42. The van der Waals surface area contributed by atoms with E-state index in [1.165, 1.54) is 0 Å². The minimum atomic E-state index is -2.50. The van der Waals surface area contributed by atoms with Crippen molar-refractivity contribution >= 4 is 0 Å². The molecule has 0 spiro atoms. The normalized spacial score (nSPS) is 10.6. The van der Waals surface area contributed by atoms with E-state index in [-0.39, 0.29) is 0 Å². The molecule has 0 heterocycles. The van der Waals surface area contributed by atoms with Crippen LogP contribution in [0.4, 0.5) is 8.78 Å². The Balaban J connectivity index is 2.91. The Morgan fingerprint density at radius 3 is 2.65 bits per heavy atom. The summed E-state index contributed by atoms with van der Waals surface area (Å²) < 4.78 is 34.8. The molecule has 2 N–H and O–H groups in total. The molecule has 96 valence electrons. The number of benzene rings is 1. The molecule has 0 radical (unpaired) electrons. The minimum absolute atomic E-state index is 0.375. The first-order valence-corrected chi connectivity index (χ1v) is 5.54. The van der Waals surface area contributed by atoms with Crippen LogP contribution in [-0.4, -0.2) is 26.2 Å². The van der Waals surface area contributed by atoms with Gasteiger partial charge in [0.2, 0.25) is 0 Å². The molecule has 0 unspecified atom stereocenters. The van der Waals surface area contributed by atoms with E-state index in [1.807, 2.05) is 6.92 Å². The number of hydrogen-bond donors (Lipinski definition) is 1. The third-order valence-electron chi connectivity index (χ3n) is 2.13. The number of para-hydroxylation sites is 1. The summed E-state index contributed by atoms with van der Waals surface area (Å²) in [6.07, 6.45) is -1.94. The lowest BCUT2D eigenvalue weighted by molar-refractivity contribution is 0.0796. The summed E-state index contributed by atoms with van der Waals surface area (Å²) in [6, 6.07) is 5.30. The summed E-state index contributed by atoms with van der Waals surface area (Å²) in [6.45, 7) is 2.08. The molecule has 0 saturated carbocycles. The molecule has 0 amide bonds. The SMILES string of the molecule is CCOc1cccc(CCN)c1OCC(F)F. The van der Waals surface area contributed by atoms with E-state index in [9.17, 15) is 8.78 Å². The van der Waals surface area contributed by atoms with E-state index in [4.69, 9.17) is 15.2 Å². The Hall–Kier alpha value is -1.36. The smallest absolute Gasteiger partial charge is 0.272 e. The van der Waals surface area contributed by atoms with Crippen molar-refractivity contribution in [1.29, 1.82) is 0 Å². The molecule has 17 heavy (non-hydrogen) atoms. The fourth-order valence-electron chi connectivity index (χ4n) is 1.49. The molecule has 0 aliphatic heterocycles. The van der Waals surface area contributed by atoms with E-state index >= 15 is 0 Å². The van der Waals surface area contributed by atoms with Gasteiger partial charge in [0.05, 0.1) is 6.61 Å². The molecule has 0 bridgehead atoms. The van der Waals surface area contributed by atoms with Gasteiger partial charge < -0.3 is 15.2 Å². The molecule has 1 aromatic rings. The molecule has 1 rings (SSSR count). The standard InChI is InChI=1S/C12H17F2NO2/c1-2-16-10-5-3-4-9(6-7-15)12(10)17-8-11(13)14/h3-5,11H,2,6-8,15H2,1H3. The number of alkyl halides is 2. The zero-order valence-corrected chi connectivity index (χ0v) is 9.79. The second-order valence-electron chi connectivity index (χ2n) is 3.42. The predicted molar refractivity (Wildman–Crippen MR) is 61.9 cm³/mol. The number of ether oxygens (including phenoxy) is 2. The van der Waals surface area contributed by atoms with E-state index in [1.54, 1.807) is 18.2 Å². The zero-order chi connectivity index (χ0) is 12.7. The highest BCUT2D eigenvalue weighted by Crippen LogP contribution is 2.31. The molecular weight excluding hydrogens is 228 g/mol. The van der Waals surface area contributed by atoms with Gasteiger partial charge in [-0.25, -0.2) is 8.78 Å². The highest BCUT2D eigenvalue weighted by atomic mass is 19.3. The van der Waals surface area contributed by atoms with Crippen molar-refractivity contribution in [2.24, 2.45) is 5.73 Å². The Kier molecular flexibility index (Phi) is 5.69. The van der Waals surface area contributed by atoms with Crippen molar-refractivity contribution in [2.45, 2.75) is 19.8 Å². The molecule has 5 heteroatoms. The number of nitrogens with two attached hydrogens (primary N) is 1. The maximum Gasteiger partial charge on any atom is 0.272 e. The quantitative estimate of drug-likeness (QED) is 0.801. The monoisotopic (exact) mass is 245 g/mol. The van der Waals surface area contributed by atoms with Crippen molar-refractivity contribution in [3.05, 3.63) is 23.8 Å². The Bertz CT molecular complexity index is 321. The van der Waals surface area contributed by atoms with Gasteiger partial charge in [-0.15, -0.1) is 0 Å². The predicted octanol–water partition coefficient (Wildman–Crippen LogP) is 2.23. The molecule has 0 aliphatic rings. The third-order valence-corrected chi connectivity index (χ3v) is 2.13. The van der Waals surface area contributed by atoms with Crippen LogP contribution in [0.15, 0.2) is 18.2 Å². The van der Waals surface area contributed by atoms with Crippen molar-refractivity contribution in [1.82, 2.24) is 0 Å². The Labute approximate surface area is 99.5 Å². The summed E-state index contributed by atoms with van der Waals surface area (Å²) in [7, 11) is 0. The molecule has 3 nitrogen and oxygen atoms in total. The first-order valence-electron chi connectivity index (χ1n) is 5.54.